The largest absolute Gasteiger partial charge is 0.630 e. The monoisotopic (exact) mass is 531 g/mol. The van der Waals surface area contributed by atoms with Crippen LogP contribution >= 0.6 is 11.6 Å². The number of carbonyl (C=O) groups is 1. The van der Waals surface area contributed by atoms with Gasteiger partial charge in [0.15, 0.2) is 17.3 Å². The second kappa shape index (κ2) is 10.3. The molecule has 0 aliphatic heterocycles. The van der Waals surface area contributed by atoms with Crippen LogP contribution in [0, 0.1) is 11.0 Å². The van der Waals surface area contributed by atoms with Crippen molar-refractivity contribution < 1.29 is 64.4 Å². The number of hydrogen-bond donors (Lipinski definition) is 1. The van der Waals surface area contributed by atoms with Crippen LogP contribution in [0.1, 0.15) is 21.5 Å². The molecule has 0 heterocycles. The van der Waals surface area contributed by atoms with Crippen LogP contribution in [0.4, 0.5) is 49.6 Å². The molecule has 5 nitrogen and oxygen atoms in total. The van der Waals surface area contributed by atoms with E-state index in [0.29, 0.717) is 0 Å². The Morgan fingerprint density at radius 3 is 2.09 bits per heavy atom. The third kappa shape index (κ3) is 5.54. The van der Waals surface area contributed by atoms with Crippen LogP contribution in [-0.2, 0) is 12.1 Å². The highest BCUT2D eigenvalue weighted by atomic mass is 35.5. The zero-order chi connectivity index (χ0) is 25.4. The molecule has 34 heavy (non-hydrogen) atoms. The molecular weight excluding hydrogens is 520 g/mol. The number of carbonyl (C=O) groups excluding carboxylic acids is 1. The van der Waals surface area contributed by atoms with Crippen molar-refractivity contribution >= 4 is 23.1 Å². The number of ether oxygens (including phenoxy) is 1. The Kier molecular flexibility index (Phi) is 8.94. The van der Waals surface area contributed by atoms with Crippen molar-refractivity contribution in [2.24, 2.45) is 0 Å². The van der Waals surface area contributed by atoms with Crippen LogP contribution in [0.15, 0.2) is 30.3 Å². The van der Waals surface area contributed by atoms with Crippen LogP contribution in [-0.4, -0.2) is 30.2 Å². The minimum atomic E-state index is -6.58. The molecule has 190 valence electrons. The average Bonchev–Trinajstić information content (AvgIpc) is 2.67. The van der Waals surface area contributed by atoms with Gasteiger partial charge in [-0.05, 0) is 18.2 Å². The summed E-state index contributed by atoms with van der Waals surface area (Å²) in [6.07, 6.45) is -14.3. The van der Waals surface area contributed by atoms with Crippen molar-refractivity contribution in [3.8, 4) is 5.75 Å². The third-order valence-corrected chi connectivity index (χ3v) is 4.68. The number of alkyl halides is 9. The Balaban J connectivity index is 0.00000578. The Labute approximate surface area is 188 Å². The van der Waals surface area contributed by atoms with Crippen LogP contribution in [0.2, 0.25) is 5.02 Å². The van der Waals surface area contributed by atoms with Crippen molar-refractivity contribution in [1.29, 1.82) is 0 Å². The Bertz CT molecular complexity index is 1030. The molecule has 0 atom stereocenters. The molecule has 2 rings (SSSR count). The highest BCUT2D eigenvalue weighted by molar-refractivity contribution is 6.32. The van der Waals surface area contributed by atoms with E-state index in [4.69, 9.17) is 11.6 Å². The van der Waals surface area contributed by atoms with Gasteiger partial charge >= 0.3 is 24.6 Å². The van der Waals surface area contributed by atoms with Gasteiger partial charge in [0.25, 0.3) is 0 Å². The Morgan fingerprint density at radius 2 is 1.62 bits per heavy atom. The smallest absolute Gasteiger partial charge is 0.435 e. The fourth-order valence-electron chi connectivity index (χ4n) is 2.78. The summed E-state index contributed by atoms with van der Waals surface area (Å²) in [6.45, 7) is -3.83. The molecule has 0 bridgehead atoms. The standard InChI is InChI=1S/C18H10ClF10NO3.H2O/c19-10-4-7(16(23,17(24,25)26)18(27,28)29)5-13(33-15(21)22)9(10)6-12(31)8-2-1-3-11(30-32)14(8)20;/h1-5,15H,6,30H2;1H2. The molecule has 0 aliphatic carbocycles. The highest BCUT2D eigenvalue weighted by Crippen LogP contribution is 2.54. The Hall–Kier alpha value is -2.62. The van der Waals surface area contributed by atoms with E-state index in [1.807, 2.05) is 0 Å². The van der Waals surface area contributed by atoms with Gasteiger partial charge in [-0.3, -0.25) is 4.79 Å². The maximum Gasteiger partial charge on any atom is 0.435 e. The maximum atomic E-state index is 14.3. The first-order chi connectivity index (χ1) is 15.0. The van der Waals surface area contributed by atoms with Crippen LogP contribution in [0.5, 0.6) is 5.75 Å². The lowest BCUT2D eigenvalue weighted by Gasteiger charge is -2.31. The predicted molar refractivity (Wildman–Crippen MR) is 96.0 cm³/mol. The molecule has 16 heteroatoms. The fraction of sp³-hybridized carbons (Fsp3) is 0.278. The van der Waals surface area contributed by atoms with Gasteiger partial charge in [0.2, 0.25) is 0 Å². The fourth-order valence-corrected chi connectivity index (χ4v) is 3.06. The first kappa shape index (κ1) is 29.4. The van der Waals surface area contributed by atoms with E-state index in [1.54, 1.807) is 0 Å². The number of halogens is 11. The van der Waals surface area contributed by atoms with E-state index in [0.717, 1.165) is 18.2 Å². The number of rotatable bonds is 7. The lowest BCUT2D eigenvalue weighted by atomic mass is 9.91. The molecule has 0 radical (unpaired) electrons. The lowest BCUT2D eigenvalue weighted by Crippen LogP contribution is -2.70. The van der Waals surface area contributed by atoms with Gasteiger partial charge in [0.05, 0.1) is 5.56 Å². The number of benzene rings is 2. The topological polar surface area (TPSA) is 97.5 Å². The summed E-state index contributed by atoms with van der Waals surface area (Å²) < 4.78 is 136. The average molecular weight is 532 g/mol. The van der Waals surface area contributed by atoms with Crippen molar-refractivity contribution in [2.45, 2.75) is 31.1 Å². The van der Waals surface area contributed by atoms with E-state index in [-0.39, 0.29) is 23.1 Å². The molecule has 0 spiro atoms. The van der Waals surface area contributed by atoms with Gasteiger partial charge in [-0.1, -0.05) is 17.7 Å². The molecule has 0 amide bonds. The van der Waals surface area contributed by atoms with Crippen molar-refractivity contribution in [3.05, 3.63) is 63.1 Å². The molecule has 0 saturated heterocycles. The minimum Gasteiger partial charge on any atom is -0.630 e. The summed E-state index contributed by atoms with van der Waals surface area (Å²) in [5.74, 6) is -4.04. The molecule has 0 unspecified atom stereocenters. The number of hydrogen-bond acceptors (Lipinski definition) is 3. The SMILES string of the molecule is O.O=C(Cc1c(Cl)cc(C(F)(C(F)(F)F)C(F)(F)F)cc1OC(F)F)c1cccc([NH2+][O-])c1F. The van der Waals surface area contributed by atoms with Gasteiger partial charge in [0, 0.05) is 28.6 Å². The van der Waals surface area contributed by atoms with Gasteiger partial charge in [-0.25, -0.2) is 4.39 Å². The number of nitrogens with two attached hydrogens (primary N) is 1. The molecule has 0 fully saturated rings. The molecule has 4 N–H and O–H groups in total. The van der Waals surface area contributed by atoms with E-state index < -0.39 is 75.8 Å². The summed E-state index contributed by atoms with van der Waals surface area (Å²) in [5.41, 5.74) is -10.4. The van der Waals surface area contributed by atoms with Crippen LogP contribution in [0.3, 0.4) is 0 Å². The summed E-state index contributed by atoms with van der Waals surface area (Å²) in [5, 5.41) is 9.62. The van der Waals surface area contributed by atoms with E-state index in [2.05, 4.69) is 4.74 Å². The molecule has 0 aromatic heterocycles. The maximum absolute atomic E-state index is 14.3. The summed E-state index contributed by atoms with van der Waals surface area (Å²) in [7, 11) is 0. The zero-order valence-electron chi connectivity index (χ0n) is 16.1. The van der Waals surface area contributed by atoms with E-state index in [1.165, 1.54) is 0 Å². The minimum absolute atomic E-state index is 0. The molecule has 0 aliphatic rings. The highest BCUT2D eigenvalue weighted by Gasteiger charge is 2.73. The second-order valence-corrected chi connectivity index (χ2v) is 6.80. The van der Waals surface area contributed by atoms with Crippen LogP contribution < -0.4 is 10.2 Å². The zero-order valence-corrected chi connectivity index (χ0v) is 16.9. The molecular formula is C18H12ClF10NO4. The third-order valence-electron chi connectivity index (χ3n) is 4.34. The van der Waals surface area contributed by atoms with Gasteiger partial charge in [0.1, 0.15) is 5.75 Å². The normalized spacial score (nSPS) is 12.5. The summed E-state index contributed by atoms with van der Waals surface area (Å²) >= 11 is 5.63. The second-order valence-electron chi connectivity index (χ2n) is 6.39. The van der Waals surface area contributed by atoms with Crippen molar-refractivity contribution in [3.63, 3.8) is 0 Å². The summed E-state index contributed by atoms with van der Waals surface area (Å²) in [4.78, 5) is 12.4. The van der Waals surface area contributed by atoms with Crippen molar-refractivity contribution in [1.82, 2.24) is 0 Å². The van der Waals surface area contributed by atoms with Crippen LogP contribution in [0.25, 0.3) is 0 Å². The molecule has 0 saturated carbocycles. The predicted octanol–water partition coefficient (Wildman–Crippen LogP) is 4.66. The van der Waals surface area contributed by atoms with Gasteiger partial charge in [-0.2, -0.15) is 39.5 Å². The molecule has 2 aromatic carbocycles. The van der Waals surface area contributed by atoms with E-state index >= 15 is 0 Å². The number of ketones is 1. The van der Waals surface area contributed by atoms with Gasteiger partial charge < -0.3 is 20.9 Å². The van der Waals surface area contributed by atoms with Gasteiger partial charge in [-0.15, -0.1) is 0 Å². The molecule has 2 aromatic rings. The first-order valence-corrected chi connectivity index (χ1v) is 8.79. The van der Waals surface area contributed by atoms with Crippen molar-refractivity contribution in [2.75, 3.05) is 0 Å². The number of Topliss-reactive ketones (excluding diaryl/α,β-unsaturated/α-hetero) is 1. The Morgan fingerprint density at radius 1 is 1.06 bits per heavy atom. The van der Waals surface area contributed by atoms with E-state index in [9.17, 15) is 53.9 Å². The number of quaternary nitrogens is 1. The summed E-state index contributed by atoms with van der Waals surface area (Å²) in [6, 6.07) is 2.47. The lowest BCUT2D eigenvalue weighted by molar-refractivity contribution is -0.499. The first-order valence-electron chi connectivity index (χ1n) is 8.41. The quantitative estimate of drug-likeness (QED) is 0.243.